The lowest BCUT2D eigenvalue weighted by atomic mass is 10.3. The van der Waals surface area contributed by atoms with Crippen LogP contribution in [0.1, 0.15) is 13.8 Å². The van der Waals surface area contributed by atoms with Gasteiger partial charge in [0.25, 0.3) is 0 Å². The Hall–Kier alpha value is -1.38. The van der Waals surface area contributed by atoms with Crippen LogP contribution in [0.2, 0.25) is 0 Å². The van der Waals surface area contributed by atoms with Gasteiger partial charge >= 0.3 is 0 Å². The molecular weight excluding hydrogens is 180 g/mol. The van der Waals surface area contributed by atoms with E-state index in [-0.39, 0.29) is 6.10 Å². The molecule has 1 aromatic carbocycles. The van der Waals surface area contributed by atoms with E-state index < -0.39 is 0 Å². The van der Waals surface area contributed by atoms with Gasteiger partial charge in [-0.05, 0) is 32.0 Å². The Labute approximate surface area is 84.6 Å². The Balaban J connectivity index is 3.05. The molecule has 0 N–H and O–H groups in total. The van der Waals surface area contributed by atoms with Crippen molar-refractivity contribution in [3.63, 3.8) is 0 Å². The summed E-state index contributed by atoms with van der Waals surface area (Å²) in [5.41, 5.74) is 0. The van der Waals surface area contributed by atoms with Crippen molar-refractivity contribution in [1.29, 1.82) is 0 Å². The van der Waals surface area contributed by atoms with Crippen LogP contribution < -0.4 is 14.2 Å². The topological polar surface area (TPSA) is 27.7 Å². The van der Waals surface area contributed by atoms with E-state index in [0.29, 0.717) is 17.2 Å². The van der Waals surface area contributed by atoms with E-state index >= 15 is 0 Å². The largest absolute Gasteiger partial charge is 0.493 e. The zero-order chi connectivity index (χ0) is 10.6. The summed E-state index contributed by atoms with van der Waals surface area (Å²) in [6.07, 6.45) is 0.0835. The van der Waals surface area contributed by atoms with E-state index in [4.69, 9.17) is 14.2 Å². The highest BCUT2D eigenvalue weighted by atomic mass is 16.5. The molecule has 0 amide bonds. The van der Waals surface area contributed by atoms with Crippen LogP contribution in [0.25, 0.3) is 0 Å². The molecule has 0 aliphatic rings. The third kappa shape index (κ3) is 2.31. The lowest BCUT2D eigenvalue weighted by molar-refractivity contribution is 0.218. The van der Waals surface area contributed by atoms with Gasteiger partial charge in [0.05, 0.1) is 20.3 Å². The molecule has 0 aromatic heterocycles. The highest BCUT2D eigenvalue weighted by Crippen LogP contribution is 2.37. The lowest BCUT2D eigenvalue weighted by Crippen LogP contribution is -2.07. The van der Waals surface area contributed by atoms with E-state index in [9.17, 15) is 0 Å². The first-order chi connectivity index (χ1) is 6.69. The smallest absolute Gasteiger partial charge is 0.203 e. The maximum atomic E-state index is 5.59. The third-order valence-corrected chi connectivity index (χ3v) is 1.67. The number of ether oxygens (including phenoxy) is 3. The number of benzene rings is 1. The molecule has 0 bridgehead atoms. The SMILES string of the molecule is COc1c[c]cc(OC)c1OC(C)C. The molecule has 0 aliphatic carbocycles. The quantitative estimate of drug-likeness (QED) is 0.737. The second kappa shape index (κ2) is 4.74. The molecule has 0 atom stereocenters. The molecule has 77 valence electrons. The Morgan fingerprint density at radius 3 is 1.93 bits per heavy atom. The van der Waals surface area contributed by atoms with Crippen molar-refractivity contribution < 1.29 is 14.2 Å². The fourth-order valence-electron chi connectivity index (χ4n) is 1.10. The van der Waals surface area contributed by atoms with Gasteiger partial charge in [-0.25, -0.2) is 0 Å². The summed E-state index contributed by atoms with van der Waals surface area (Å²) in [6.45, 7) is 3.91. The highest BCUT2D eigenvalue weighted by molar-refractivity contribution is 5.50. The van der Waals surface area contributed by atoms with Gasteiger partial charge < -0.3 is 14.2 Å². The number of rotatable bonds is 4. The molecule has 1 aromatic rings. The Morgan fingerprint density at radius 2 is 1.57 bits per heavy atom. The first-order valence-electron chi connectivity index (χ1n) is 4.47. The zero-order valence-electron chi connectivity index (χ0n) is 8.96. The monoisotopic (exact) mass is 195 g/mol. The summed E-state index contributed by atoms with van der Waals surface area (Å²) in [4.78, 5) is 0. The molecule has 3 nitrogen and oxygen atoms in total. The molecule has 0 aliphatic heterocycles. The summed E-state index contributed by atoms with van der Waals surface area (Å²) in [7, 11) is 3.19. The van der Waals surface area contributed by atoms with Gasteiger partial charge in [-0.1, -0.05) is 0 Å². The number of hydrogen-bond acceptors (Lipinski definition) is 3. The van der Waals surface area contributed by atoms with Crippen LogP contribution in [0.5, 0.6) is 17.2 Å². The first kappa shape index (κ1) is 10.7. The van der Waals surface area contributed by atoms with Crippen LogP contribution >= 0.6 is 0 Å². The molecule has 0 saturated heterocycles. The average molecular weight is 195 g/mol. The van der Waals surface area contributed by atoms with Crippen molar-refractivity contribution in [2.75, 3.05) is 14.2 Å². The van der Waals surface area contributed by atoms with E-state index in [1.165, 1.54) is 0 Å². The van der Waals surface area contributed by atoms with E-state index in [1.807, 2.05) is 13.8 Å². The molecule has 0 fully saturated rings. The van der Waals surface area contributed by atoms with E-state index in [0.717, 1.165) is 0 Å². The van der Waals surface area contributed by atoms with Gasteiger partial charge in [-0.3, -0.25) is 0 Å². The van der Waals surface area contributed by atoms with Crippen LogP contribution in [0.3, 0.4) is 0 Å². The molecule has 1 rings (SSSR count). The number of hydrogen-bond donors (Lipinski definition) is 0. The van der Waals surface area contributed by atoms with E-state index in [2.05, 4.69) is 6.07 Å². The van der Waals surface area contributed by atoms with Crippen molar-refractivity contribution in [3.8, 4) is 17.2 Å². The van der Waals surface area contributed by atoms with Crippen LogP contribution in [0.4, 0.5) is 0 Å². The predicted molar refractivity (Wildman–Crippen MR) is 54.1 cm³/mol. The van der Waals surface area contributed by atoms with Crippen molar-refractivity contribution >= 4 is 0 Å². The second-order valence-electron chi connectivity index (χ2n) is 3.09. The zero-order valence-corrected chi connectivity index (χ0v) is 8.96. The fraction of sp³-hybridized carbons (Fsp3) is 0.455. The lowest BCUT2D eigenvalue weighted by Gasteiger charge is -2.15. The molecule has 0 spiro atoms. The molecule has 1 radical (unpaired) electrons. The Morgan fingerprint density at radius 1 is 1.07 bits per heavy atom. The van der Waals surface area contributed by atoms with Crippen molar-refractivity contribution in [2.45, 2.75) is 20.0 Å². The van der Waals surface area contributed by atoms with Crippen LogP contribution in [-0.2, 0) is 0 Å². The summed E-state index contributed by atoms with van der Waals surface area (Å²) < 4.78 is 15.9. The molecule has 0 heterocycles. The highest BCUT2D eigenvalue weighted by Gasteiger charge is 2.12. The summed E-state index contributed by atoms with van der Waals surface area (Å²) in [6, 6.07) is 6.36. The minimum Gasteiger partial charge on any atom is -0.493 e. The van der Waals surface area contributed by atoms with Crippen LogP contribution in [0.15, 0.2) is 12.1 Å². The van der Waals surface area contributed by atoms with Crippen LogP contribution in [0, 0.1) is 6.07 Å². The van der Waals surface area contributed by atoms with Crippen molar-refractivity contribution in [1.82, 2.24) is 0 Å². The minimum atomic E-state index is 0.0835. The third-order valence-electron chi connectivity index (χ3n) is 1.67. The van der Waals surface area contributed by atoms with Crippen molar-refractivity contribution in [2.24, 2.45) is 0 Å². The minimum absolute atomic E-state index is 0.0835. The fourth-order valence-corrected chi connectivity index (χ4v) is 1.10. The van der Waals surface area contributed by atoms with Gasteiger partial charge in [-0.2, -0.15) is 0 Å². The second-order valence-corrected chi connectivity index (χ2v) is 3.09. The van der Waals surface area contributed by atoms with Gasteiger partial charge in [0.2, 0.25) is 5.75 Å². The number of methoxy groups -OCH3 is 2. The molecule has 14 heavy (non-hydrogen) atoms. The predicted octanol–water partition coefficient (Wildman–Crippen LogP) is 2.29. The van der Waals surface area contributed by atoms with Gasteiger partial charge in [0, 0.05) is 0 Å². The maximum absolute atomic E-state index is 5.59. The first-order valence-corrected chi connectivity index (χ1v) is 4.47. The Kier molecular flexibility index (Phi) is 3.63. The molecule has 0 unspecified atom stereocenters. The Bertz CT molecular complexity index is 272. The molecule has 3 heteroatoms. The normalized spacial score (nSPS) is 10.1. The summed E-state index contributed by atoms with van der Waals surface area (Å²) in [5.74, 6) is 1.90. The standard InChI is InChI=1S/C11H15O3/c1-8(2)14-11-9(12-3)6-5-7-10(11)13-4/h6-8H,1-4H3. The van der Waals surface area contributed by atoms with Gasteiger partial charge in [0.15, 0.2) is 11.5 Å². The molecular formula is C11H15O3. The maximum Gasteiger partial charge on any atom is 0.203 e. The van der Waals surface area contributed by atoms with E-state index in [1.54, 1.807) is 26.4 Å². The molecule has 0 saturated carbocycles. The summed E-state index contributed by atoms with van der Waals surface area (Å²) >= 11 is 0. The average Bonchev–Trinajstić information content (AvgIpc) is 2.17. The summed E-state index contributed by atoms with van der Waals surface area (Å²) in [5, 5.41) is 0. The van der Waals surface area contributed by atoms with Gasteiger partial charge in [0.1, 0.15) is 0 Å². The van der Waals surface area contributed by atoms with Crippen molar-refractivity contribution in [3.05, 3.63) is 18.2 Å². The van der Waals surface area contributed by atoms with Crippen LogP contribution in [-0.4, -0.2) is 20.3 Å². The van der Waals surface area contributed by atoms with Gasteiger partial charge in [-0.15, -0.1) is 0 Å².